The minimum absolute atomic E-state index is 0.369. The molecule has 6 nitrogen and oxygen atoms in total. The van der Waals surface area contributed by atoms with E-state index >= 15 is 0 Å². The van der Waals surface area contributed by atoms with Crippen molar-refractivity contribution in [3.05, 3.63) is 54.1 Å². The molecule has 0 heterocycles. The molecule has 0 aliphatic heterocycles. The Labute approximate surface area is 158 Å². The molecule has 1 atom stereocenters. The summed E-state index contributed by atoms with van der Waals surface area (Å²) in [6.07, 6.45) is 0.972. The molecular weight excluding hydrogens is 350 g/mol. The molecule has 0 aromatic heterocycles. The number of para-hydroxylation sites is 1. The average Bonchev–Trinajstić information content (AvgIpc) is 2.58. The first kappa shape index (κ1) is 19.7. The maximum Gasteiger partial charge on any atom is 0.412 e. The van der Waals surface area contributed by atoms with E-state index < -0.39 is 11.5 Å². The van der Waals surface area contributed by atoms with Gasteiger partial charge in [-0.15, -0.1) is 12.6 Å². The summed E-state index contributed by atoms with van der Waals surface area (Å²) in [7, 11) is 0. The fourth-order valence-corrected chi connectivity index (χ4v) is 2.57. The lowest BCUT2D eigenvalue weighted by molar-refractivity contribution is 0.147. The maximum absolute atomic E-state index is 12.1. The van der Waals surface area contributed by atoms with Crippen molar-refractivity contribution in [1.82, 2.24) is 0 Å². The highest BCUT2D eigenvalue weighted by molar-refractivity contribution is 7.80. The summed E-state index contributed by atoms with van der Waals surface area (Å²) in [5.41, 5.74) is 2.20. The molecule has 2 aromatic rings. The van der Waals surface area contributed by atoms with Crippen LogP contribution in [0, 0.1) is 6.92 Å². The Kier molecular flexibility index (Phi) is 7.35. The number of anilines is 3. The molecule has 7 heteroatoms. The van der Waals surface area contributed by atoms with Crippen LogP contribution in [0.4, 0.5) is 26.7 Å². The van der Waals surface area contributed by atoms with Crippen LogP contribution in [0.2, 0.25) is 0 Å². The van der Waals surface area contributed by atoms with Crippen LogP contribution in [0.15, 0.2) is 48.5 Å². The Morgan fingerprint density at radius 1 is 1.04 bits per heavy atom. The van der Waals surface area contributed by atoms with E-state index in [1.54, 1.807) is 30.3 Å². The van der Waals surface area contributed by atoms with Crippen LogP contribution in [0.1, 0.15) is 25.3 Å². The fourth-order valence-electron chi connectivity index (χ4n) is 2.22. The predicted octanol–water partition coefficient (Wildman–Crippen LogP) is 5.24. The number of carbonyl (C=O) groups is 2. The van der Waals surface area contributed by atoms with E-state index in [2.05, 4.69) is 28.6 Å². The minimum atomic E-state index is -0.576. The molecule has 0 aliphatic rings. The normalized spacial score (nSPS) is 11.3. The Hall–Kier alpha value is -2.67. The van der Waals surface area contributed by atoms with Crippen LogP contribution >= 0.6 is 12.6 Å². The number of carbonyl (C=O) groups excluding carboxylic acids is 2. The van der Waals surface area contributed by atoms with Crippen molar-refractivity contribution in [2.45, 2.75) is 32.1 Å². The van der Waals surface area contributed by atoms with Gasteiger partial charge in [0.05, 0.1) is 0 Å². The molecule has 3 N–H and O–H groups in total. The van der Waals surface area contributed by atoms with Gasteiger partial charge in [0.25, 0.3) is 0 Å². The average molecular weight is 373 g/mol. The third-order valence-corrected chi connectivity index (χ3v) is 3.91. The third-order valence-electron chi connectivity index (χ3n) is 3.54. The lowest BCUT2D eigenvalue weighted by Crippen LogP contribution is -2.21. The van der Waals surface area contributed by atoms with Gasteiger partial charge in [-0.25, -0.2) is 9.59 Å². The van der Waals surface area contributed by atoms with Gasteiger partial charge in [0.15, 0.2) is 0 Å². The van der Waals surface area contributed by atoms with Gasteiger partial charge >= 0.3 is 12.1 Å². The zero-order chi connectivity index (χ0) is 18.9. The van der Waals surface area contributed by atoms with E-state index in [1.165, 1.54) is 0 Å². The quantitative estimate of drug-likeness (QED) is 0.413. The van der Waals surface area contributed by atoms with Crippen molar-refractivity contribution in [2.24, 2.45) is 0 Å². The van der Waals surface area contributed by atoms with Gasteiger partial charge in [0, 0.05) is 17.1 Å². The van der Waals surface area contributed by atoms with E-state index in [-0.39, 0.29) is 6.03 Å². The van der Waals surface area contributed by atoms with Crippen LogP contribution in [-0.4, -0.2) is 17.6 Å². The molecule has 3 amide bonds. The molecule has 0 spiro atoms. The second kappa shape index (κ2) is 9.72. The topological polar surface area (TPSA) is 79.5 Å². The molecule has 0 saturated carbocycles. The summed E-state index contributed by atoms with van der Waals surface area (Å²) >= 11 is 4.21. The number of thiol groups is 1. The molecule has 2 rings (SSSR count). The lowest BCUT2D eigenvalue weighted by atomic mass is 10.2. The van der Waals surface area contributed by atoms with Gasteiger partial charge < -0.3 is 15.4 Å². The van der Waals surface area contributed by atoms with E-state index in [0.29, 0.717) is 23.5 Å². The largest absolute Gasteiger partial charge is 0.435 e. The van der Waals surface area contributed by atoms with E-state index in [0.717, 1.165) is 12.0 Å². The van der Waals surface area contributed by atoms with E-state index in [9.17, 15) is 9.59 Å². The van der Waals surface area contributed by atoms with Gasteiger partial charge in [-0.05, 0) is 43.2 Å². The van der Waals surface area contributed by atoms with Crippen molar-refractivity contribution in [2.75, 3.05) is 16.0 Å². The number of amides is 3. The van der Waals surface area contributed by atoms with Crippen LogP contribution in [0.25, 0.3) is 0 Å². The number of aryl methyl sites for hydroxylation is 1. The summed E-state index contributed by atoms with van der Waals surface area (Å²) < 4.78 is 5.16. The predicted molar refractivity (Wildman–Crippen MR) is 108 cm³/mol. The molecule has 1 unspecified atom stereocenters. The Morgan fingerprint density at radius 3 is 2.42 bits per heavy atom. The number of hydrogen-bond donors (Lipinski definition) is 4. The number of ether oxygens (including phenoxy) is 1. The highest BCUT2D eigenvalue weighted by Gasteiger charge is 2.12. The number of urea groups is 1. The number of rotatable bonds is 6. The zero-order valence-corrected chi connectivity index (χ0v) is 15.7. The van der Waals surface area contributed by atoms with Crippen LogP contribution in [-0.2, 0) is 4.74 Å². The summed E-state index contributed by atoms with van der Waals surface area (Å²) in [4.78, 5) is 24.0. The fraction of sp³-hybridized carbons (Fsp3) is 0.263. The standard InChI is InChI=1S/C19H23N3O3S/c1-3-7-17(26)25-19(24)22-16-12-15(11-10-13(16)2)21-18(23)20-14-8-5-4-6-9-14/h4-6,8-12,17,26H,3,7H2,1-2H3,(H,22,24)(H2,20,21,23). The Morgan fingerprint density at radius 2 is 1.73 bits per heavy atom. The smallest absolute Gasteiger partial charge is 0.412 e. The Balaban J connectivity index is 1.97. The molecule has 0 saturated heterocycles. The van der Waals surface area contributed by atoms with E-state index in [1.807, 2.05) is 32.0 Å². The summed E-state index contributed by atoms with van der Waals surface area (Å²) in [6.45, 7) is 3.85. The monoisotopic (exact) mass is 373 g/mol. The van der Waals surface area contributed by atoms with Gasteiger partial charge in [-0.3, -0.25) is 5.32 Å². The second-order valence-corrected chi connectivity index (χ2v) is 6.32. The van der Waals surface area contributed by atoms with Crippen LogP contribution in [0.3, 0.4) is 0 Å². The van der Waals surface area contributed by atoms with Crippen LogP contribution in [0.5, 0.6) is 0 Å². The minimum Gasteiger partial charge on any atom is -0.435 e. The first-order chi connectivity index (χ1) is 12.5. The highest BCUT2D eigenvalue weighted by Crippen LogP contribution is 2.21. The first-order valence-electron chi connectivity index (χ1n) is 8.37. The molecule has 2 aromatic carbocycles. The number of benzene rings is 2. The summed E-state index contributed by atoms with van der Waals surface area (Å²) in [6, 6.07) is 14.0. The van der Waals surface area contributed by atoms with E-state index in [4.69, 9.17) is 4.74 Å². The maximum atomic E-state index is 12.1. The third kappa shape index (κ3) is 6.33. The molecule has 138 valence electrons. The van der Waals surface area contributed by atoms with Gasteiger partial charge in [0.1, 0.15) is 5.44 Å². The first-order valence-corrected chi connectivity index (χ1v) is 8.89. The van der Waals surface area contributed by atoms with Crippen molar-refractivity contribution < 1.29 is 14.3 Å². The number of nitrogens with one attached hydrogen (secondary N) is 3. The lowest BCUT2D eigenvalue weighted by Gasteiger charge is -2.14. The molecule has 26 heavy (non-hydrogen) atoms. The molecule has 0 fully saturated rings. The number of hydrogen-bond acceptors (Lipinski definition) is 4. The van der Waals surface area contributed by atoms with Gasteiger partial charge in [-0.2, -0.15) is 0 Å². The van der Waals surface area contributed by atoms with Crippen molar-refractivity contribution in [3.8, 4) is 0 Å². The van der Waals surface area contributed by atoms with Crippen molar-refractivity contribution in [3.63, 3.8) is 0 Å². The van der Waals surface area contributed by atoms with Gasteiger partial charge in [-0.1, -0.05) is 37.6 Å². The van der Waals surface area contributed by atoms with Gasteiger partial charge in [0.2, 0.25) is 0 Å². The molecule has 0 radical (unpaired) electrons. The highest BCUT2D eigenvalue weighted by atomic mass is 32.1. The summed E-state index contributed by atoms with van der Waals surface area (Å²) in [5, 5.41) is 8.15. The molecular formula is C19H23N3O3S. The summed E-state index contributed by atoms with van der Waals surface area (Å²) in [5.74, 6) is 0. The second-order valence-electron chi connectivity index (χ2n) is 5.75. The van der Waals surface area contributed by atoms with Crippen molar-refractivity contribution in [1.29, 1.82) is 0 Å². The molecule has 0 bridgehead atoms. The SMILES string of the molecule is CCCC(S)OC(=O)Nc1cc(NC(=O)Nc2ccccc2)ccc1C. The molecule has 0 aliphatic carbocycles. The Bertz CT molecular complexity index is 753. The zero-order valence-electron chi connectivity index (χ0n) is 14.8. The van der Waals surface area contributed by atoms with Crippen LogP contribution < -0.4 is 16.0 Å². The van der Waals surface area contributed by atoms with Crippen molar-refractivity contribution >= 4 is 41.8 Å².